The molecule has 5 nitrogen and oxygen atoms in total. The van der Waals surface area contributed by atoms with Crippen molar-refractivity contribution in [1.82, 2.24) is 4.72 Å². The lowest BCUT2D eigenvalue weighted by atomic mass is 10.3. The van der Waals surface area contributed by atoms with Crippen LogP contribution in [0.2, 0.25) is 0 Å². The first-order valence-electron chi connectivity index (χ1n) is 6.47. The van der Waals surface area contributed by atoms with Gasteiger partial charge in [0.05, 0.1) is 9.77 Å². The number of amides is 1. The first-order chi connectivity index (χ1) is 10.0. The van der Waals surface area contributed by atoms with E-state index >= 15 is 0 Å². The summed E-state index contributed by atoms with van der Waals surface area (Å²) in [4.78, 5) is 12.5. The van der Waals surface area contributed by atoms with E-state index in [-0.39, 0.29) is 10.8 Å². The summed E-state index contributed by atoms with van der Waals surface area (Å²) in [5.41, 5.74) is 0.671. The van der Waals surface area contributed by atoms with Gasteiger partial charge in [-0.1, -0.05) is 25.1 Å². The maximum Gasteiger partial charge on any atom is 0.265 e. The highest BCUT2D eigenvalue weighted by Gasteiger charge is 2.18. The van der Waals surface area contributed by atoms with Crippen LogP contribution in [0.4, 0.5) is 5.69 Å². The zero-order chi connectivity index (χ0) is 15.3. The van der Waals surface area contributed by atoms with Gasteiger partial charge >= 0.3 is 0 Å². The molecule has 0 aliphatic rings. The standard InChI is InChI=1S/C14H16N2O3S2/c1-2-8-15-21(18,19)12-9-13(20-10-12)14(17)16-11-6-4-3-5-7-11/h3-7,9-10,15H,2,8H2,1H3,(H,16,17). The van der Waals surface area contributed by atoms with Gasteiger partial charge < -0.3 is 5.32 Å². The normalized spacial score (nSPS) is 11.3. The van der Waals surface area contributed by atoms with Gasteiger partial charge in [0.15, 0.2) is 0 Å². The molecule has 0 aliphatic carbocycles. The summed E-state index contributed by atoms with van der Waals surface area (Å²) >= 11 is 1.11. The summed E-state index contributed by atoms with van der Waals surface area (Å²) < 4.78 is 26.4. The highest BCUT2D eigenvalue weighted by Crippen LogP contribution is 2.20. The number of carbonyl (C=O) groups excluding carboxylic acids is 1. The maximum atomic E-state index is 12.1. The van der Waals surface area contributed by atoms with Crippen molar-refractivity contribution in [2.24, 2.45) is 0 Å². The van der Waals surface area contributed by atoms with E-state index in [1.165, 1.54) is 11.4 Å². The van der Waals surface area contributed by atoms with Gasteiger partial charge in [0, 0.05) is 17.6 Å². The number of nitrogens with one attached hydrogen (secondary N) is 2. The molecule has 0 atom stereocenters. The van der Waals surface area contributed by atoms with E-state index in [0.717, 1.165) is 11.3 Å². The van der Waals surface area contributed by atoms with Crippen LogP contribution in [0.1, 0.15) is 23.0 Å². The second-order valence-electron chi connectivity index (χ2n) is 4.36. The van der Waals surface area contributed by atoms with Crippen LogP contribution in [0, 0.1) is 0 Å². The summed E-state index contributed by atoms with van der Waals surface area (Å²) in [5.74, 6) is -0.317. The summed E-state index contributed by atoms with van der Waals surface area (Å²) in [7, 11) is -3.53. The monoisotopic (exact) mass is 324 g/mol. The number of rotatable bonds is 6. The number of para-hydroxylation sites is 1. The molecule has 2 aromatic rings. The predicted octanol–water partition coefficient (Wildman–Crippen LogP) is 2.69. The summed E-state index contributed by atoms with van der Waals surface area (Å²) in [6.45, 7) is 2.26. The second kappa shape index (κ2) is 6.84. The zero-order valence-electron chi connectivity index (χ0n) is 11.5. The third kappa shape index (κ3) is 4.13. The molecule has 7 heteroatoms. The number of anilines is 1. The molecule has 1 heterocycles. The van der Waals surface area contributed by atoms with Crippen LogP contribution in [0.3, 0.4) is 0 Å². The Morgan fingerprint density at radius 3 is 2.62 bits per heavy atom. The fraction of sp³-hybridized carbons (Fsp3) is 0.214. The topological polar surface area (TPSA) is 75.3 Å². The average molecular weight is 324 g/mol. The lowest BCUT2D eigenvalue weighted by Gasteiger charge is -2.03. The van der Waals surface area contributed by atoms with Gasteiger partial charge in [-0.2, -0.15) is 0 Å². The van der Waals surface area contributed by atoms with Crippen molar-refractivity contribution in [1.29, 1.82) is 0 Å². The van der Waals surface area contributed by atoms with E-state index in [2.05, 4.69) is 10.0 Å². The first kappa shape index (κ1) is 15.7. The Morgan fingerprint density at radius 1 is 1.24 bits per heavy atom. The van der Waals surface area contributed by atoms with E-state index < -0.39 is 10.0 Å². The molecule has 0 unspecified atom stereocenters. The van der Waals surface area contributed by atoms with Crippen LogP contribution < -0.4 is 10.0 Å². The van der Waals surface area contributed by atoms with Crippen LogP contribution in [0.15, 0.2) is 46.7 Å². The maximum absolute atomic E-state index is 12.1. The van der Waals surface area contributed by atoms with Crippen molar-refractivity contribution in [2.75, 3.05) is 11.9 Å². The Morgan fingerprint density at radius 2 is 1.95 bits per heavy atom. The Labute approximate surface area is 128 Å². The Bertz CT molecular complexity index is 709. The fourth-order valence-electron chi connectivity index (χ4n) is 1.61. The SMILES string of the molecule is CCCNS(=O)(=O)c1csc(C(=O)Nc2ccccc2)c1. The van der Waals surface area contributed by atoms with Crippen molar-refractivity contribution >= 4 is 33.0 Å². The molecule has 1 aromatic carbocycles. The molecular weight excluding hydrogens is 308 g/mol. The minimum atomic E-state index is -3.53. The molecule has 0 fully saturated rings. The third-order valence-corrected chi connectivity index (χ3v) is 5.20. The molecule has 2 rings (SSSR count). The van der Waals surface area contributed by atoms with Crippen LogP contribution in [-0.4, -0.2) is 20.9 Å². The third-order valence-electron chi connectivity index (χ3n) is 2.68. The molecule has 1 amide bonds. The van der Waals surface area contributed by atoms with Gasteiger partial charge in [0.2, 0.25) is 10.0 Å². The Hall–Kier alpha value is -1.70. The second-order valence-corrected chi connectivity index (χ2v) is 7.04. The quantitative estimate of drug-likeness (QED) is 0.858. The molecule has 1 aromatic heterocycles. The summed E-state index contributed by atoms with van der Waals surface area (Å²) in [5, 5.41) is 4.19. The number of benzene rings is 1. The minimum Gasteiger partial charge on any atom is -0.321 e. The van der Waals surface area contributed by atoms with Gasteiger partial charge in [0.25, 0.3) is 5.91 Å². The minimum absolute atomic E-state index is 0.124. The number of thiophene rings is 1. The zero-order valence-corrected chi connectivity index (χ0v) is 13.1. The molecule has 0 bridgehead atoms. The highest BCUT2D eigenvalue weighted by atomic mass is 32.2. The van der Waals surface area contributed by atoms with Crippen molar-refractivity contribution in [3.63, 3.8) is 0 Å². The summed E-state index contributed by atoms with van der Waals surface area (Å²) in [6.07, 6.45) is 0.713. The number of sulfonamides is 1. The van der Waals surface area contributed by atoms with Crippen LogP contribution >= 0.6 is 11.3 Å². The largest absolute Gasteiger partial charge is 0.321 e. The Kier molecular flexibility index (Phi) is 5.11. The predicted molar refractivity (Wildman–Crippen MR) is 84.2 cm³/mol. The van der Waals surface area contributed by atoms with Gasteiger partial charge in [-0.15, -0.1) is 11.3 Å². The smallest absolute Gasteiger partial charge is 0.265 e. The molecule has 112 valence electrons. The first-order valence-corrected chi connectivity index (χ1v) is 8.84. The van der Waals surface area contributed by atoms with Crippen molar-refractivity contribution in [3.05, 3.63) is 46.7 Å². The van der Waals surface area contributed by atoms with Gasteiger partial charge in [-0.05, 0) is 24.6 Å². The molecule has 0 radical (unpaired) electrons. The van der Waals surface area contributed by atoms with E-state index in [0.29, 0.717) is 23.5 Å². The van der Waals surface area contributed by atoms with Gasteiger partial charge in [-0.3, -0.25) is 4.79 Å². The van der Waals surface area contributed by atoms with Crippen LogP contribution in [0.5, 0.6) is 0 Å². The van der Waals surface area contributed by atoms with Crippen molar-refractivity contribution in [3.8, 4) is 0 Å². The lowest BCUT2D eigenvalue weighted by Crippen LogP contribution is -2.23. The number of carbonyl (C=O) groups is 1. The van der Waals surface area contributed by atoms with Gasteiger partial charge in [-0.25, -0.2) is 13.1 Å². The molecule has 2 N–H and O–H groups in total. The fourth-order valence-corrected chi connectivity index (χ4v) is 3.92. The van der Waals surface area contributed by atoms with E-state index in [1.54, 1.807) is 12.1 Å². The lowest BCUT2D eigenvalue weighted by molar-refractivity contribution is 0.103. The molecule has 0 saturated carbocycles. The Balaban J connectivity index is 2.11. The average Bonchev–Trinajstić information content (AvgIpc) is 2.97. The van der Waals surface area contributed by atoms with Crippen LogP contribution in [-0.2, 0) is 10.0 Å². The molecule has 0 aliphatic heterocycles. The number of hydrogen-bond acceptors (Lipinski definition) is 4. The molecule has 21 heavy (non-hydrogen) atoms. The van der Waals surface area contributed by atoms with E-state index in [1.807, 2.05) is 25.1 Å². The van der Waals surface area contributed by atoms with Crippen molar-refractivity contribution < 1.29 is 13.2 Å². The highest BCUT2D eigenvalue weighted by molar-refractivity contribution is 7.89. The van der Waals surface area contributed by atoms with Gasteiger partial charge in [0.1, 0.15) is 0 Å². The molecular formula is C14H16N2O3S2. The molecule has 0 spiro atoms. The van der Waals surface area contributed by atoms with E-state index in [9.17, 15) is 13.2 Å². The van der Waals surface area contributed by atoms with Crippen molar-refractivity contribution in [2.45, 2.75) is 18.2 Å². The molecule has 0 saturated heterocycles. The van der Waals surface area contributed by atoms with Crippen LogP contribution in [0.25, 0.3) is 0 Å². The number of hydrogen-bond donors (Lipinski definition) is 2. The van der Waals surface area contributed by atoms with E-state index in [4.69, 9.17) is 0 Å². The summed E-state index contributed by atoms with van der Waals surface area (Å²) in [6, 6.07) is 10.4.